The first kappa shape index (κ1) is 16.6. The van der Waals surface area contributed by atoms with Crippen molar-refractivity contribution in [2.45, 2.75) is 13.3 Å². The van der Waals surface area contributed by atoms with Crippen LogP contribution in [0.2, 0.25) is 0 Å². The largest absolute Gasteiger partial charge is 0.469 e. The van der Waals surface area contributed by atoms with E-state index in [0.717, 1.165) is 10.9 Å². The molecule has 0 saturated heterocycles. The Hall–Kier alpha value is -3.28. The smallest absolute Gasteiger partial charge is 0.224 e. The van der Waals surface area contributed by atoms with Crippen molar-refractivity contribution in [1.82, 2.24) is 9.97 Å². The van der Waals surface area contributed by atoms with Crippen molar-refractivity contribution in [2.75, 3.05) is 11.9 Å². The van der Waals surface area contributed by atoms with Gasteiger partial charge in [0.05, 0.1) is 10.9 Å². The van der Waals surface area contributed by atoms with Gasteiger partial charge in [-0.2, -0.15) is 0 Å². The van der Waals surface area contributed by atoms with E-state index in [2.05, 4.69) is 15.3 Å². The quantitative estimate of drug-likeness (QED) is 0.699. The molecule has 0 aliphatic heterocycles. The number of ketones is 1. The summed E-state index contributed by atoms with van der Waals surface area (Å²) in [6.07, 6.45) is 1.81. The molecule has 0 atom stereocenters. The van der Waals surface area contributed by atoms with Crippen molar-refractivity contribution < 1.29 is 14.3 Å². The summed E-state index contributed by atoms with van der Waals surface area (Å²) in [5, 5.41) is 3.50. The number of ether oxygens (including phenoxy) is 1. The third-order valence-electron chi connectivity index (χ3n) is 3.66. The molecule has 6 heteroatoms. The number of Topliss-reactive ketones (excluding diaryl/α,β-unsaturated/α-hetero) is 1. The Bertz CT molecular complexity index is 902. The van der Waals surface area contributed by atoms with Crippen molar-refractivity contribution in [3.63, 3.8) is 0 Å². The molecule has 0 unspecified atom stereocenters. The van der Waals surface area contributed by atoms with Crippen LogP contribution in [0.15, 0.2) is 54.9 Å². The van der Waals surface area contributed by atoms with Crippen LogP contribution in [0.1, 0.15) is 23.7 Å². The van der Waals surface area contributed by atoms with Gasteiger partial charge in [0.1, 0.15) is 6.33 Å². The number of rotatable bonds is 6. The zero-order chi connectivity index (χ0) is 17.6. The summed E-state index contributed by atoms with van der Waals surface area (Å²) in [5.74, 6) is 0.139. The van der Waals surface area contributed by atoms with Crippen LogP contribution in [-0.4, -0.2) is 28.3 Å². The lowest BCUT2D eigenvalue weighted by molar-refractivity contribution is -0.115. The molecule has 0 saturated carbocycles. The van der Waals surface area contributed by atoms with Crippen molar-refractivity contribution >= 4 is 28.3 Å². The molecule has 6 nitrogen and oxygen atoms in total. The summed E-state index contributed by atoms with van der Waals surface area (Å²) in [6.45, 7) is 1.66. The van der Waals surface area contributed by atoms with Gasteiger partial charge >= 0.3 is 0 Å². The summed E-state index contributed by atoms with van der Waals surface area (Å²) in [5.41, 5.74) is 1.93. The number of amides is 1. The number of para-hydroxylation sites is 1. The SMILES string of the molecule is CCC(=O)Nc1ccc(C(=O)COc2ncnc3ccccc23)cc1. The van der Waals surface area contributed by atoms with Crippen LogP contribution in [0.25, 0.3) is 10.9 Å². The van der Waals surface area contributed by atoms with Gasteiger partial charge in [0.15, 0.2) is 12.4 Å². The van der Waals surface area contributed by atoms with Crippen LogP contribution < -0.4 is 10.1 Å². The van der Waals surface area contributed by atoms with Gasteiger partial charge in [-0.05, 0) is 36.4 Å². The van der Waals surface area contributed by atoms with Crippen LogP contribution in [0.3, 0.4) is 0 Å². The molecule has 1 N–H and O–H groups in total. The lowest BCUT2D eigenvalue weighted by Crippen LogP contribution is -2.13. The van der Waals surface area contributed by atoms with E-state index in [1.165, 1.54) is 6.33 Å². The van der Waals surface area contributed by atoms with Gasteiger partial charge in [-0.15, -0.1) is 0 Å². The van der Waals surface area contributed by atoms with E-state index in [1.807, 2.05) is 24.3 Å². The number of hydrogen-bond donors (Lipinski definition) is 1. The fourth-order valence-electron chi connectivity index (χ4n) is 2.30. The Balaban J connectivity index is 1.67. The maximum atomic E-state index is 12.3. The molecular formula is C19H17N3O3. The van der Waals surface area contributed by atoms with Gasteiger partial charge in [-0.25, -0.2) is 9.97 Å². The minimum absolute atomic E-state index is 0.0713. The van der Waals surface area contributed by atoms with E-state index in [-0.39, 0.29) is 18.3 Å². The fraction of sp³-hybridized carbons (Fsp3) is 0.158. The van der Waals surface area contributed by atoms with Crippen molar-refractivity contribution in [3.05, 3.63) is 60.4 Å². The highest BCUT2D eigenvalue weighted by atomic mass is 16.5. The maximum Gasteiger partial charge on any atom is 0.224 e. The maximum absolute atomic E-state index is 12.3. The number of anilines is 1. The Morgan fingerprint density at radius 2 is 1.80 bits per heavy atom. The first-order valence-corrected chi connectivity index (χ1v) is 7.93. The van der Waals surface area contributed by atoms with Crippen molar-refractivity contribution in [3.8, 4) is 5.88 Å². The second-order valence-corrected chi connectivity index (χ2v) is 5.39. The van der Waals surface area contributed by atoms with E-state index in [4.69, 9.17) is 4.74 Å². The minimum atomic E-state index is -0.170. The number of nitrogens with zero attached hydrogens (tertiary/aromatic N) is 2. The number of fused-ring (bicyclic) bond motifs is 1. The predicted molar refractivity (Wildman–Crippen MR) is 94.7 cm³/mol. The molecule has 3 aromatic rings. The zero-order valence-electron chi connectivity index (χ0n) is 13.7. The molecule has 0 bridgehead atoms. The highest BCUT2D eigenvalue weighted by Crippen LogP contribution is 2.20. The second kappa shape index (κ2) is 7.53. The summed E-state index contributed by atoms with van der Waals surface area (Å²) in [6, 6.07) is 14.2. The van der Waals surface area contributed by atoms with Gasteiger partial charge in [-0.1, -0.05) is 19.1 Å². The number of carbonyl (C=O) groups excluding carboxylic acids is 2. The van der Waals surface area contributed by atoms with E-state index in [1.54, 1.807) is 31.2 Å². The molecule has 25 heavy (non-hydrogen) atoms. The monoisotopic (exact) mass is 335 g/mol. The molecule has 3 rings (SSSR count). The number of nitrogens with one attached hydrogen (secondary N) is 1. The van der Waals surface area contributed by atoms with E-state index < -0.39 is 0 Å². The Kier molecular flexibility index (Phi) is 4.99. The molecule has 126 valence electrons. The first-order chi connectivity index (χ1) is 12.2. The van der Waals surface area contributed by atoms with E-state index in [9.17, 15) is 9.59 Å². The Labute approximate surface area is 144 Å². The number of hydrogen-bond acceptors (Lipinski definition) is 5. The van der Waals surface area contributed by atoms with Gasteiger partial charge in [0.25, 0.3) is 0 Å². The highest BCUT2D eigenvalue weighted by Gasteiger charge is 2.10. The fourth-order valence-corrected chi connectivity index (χ4v) is 2.30. The van der Waals surface area contributed by atoms with Crippen molar-refractivity contribution in [1.29, 1.82) is 0 Å². The number of aromatic nitrogens is 2. The summed E-state index contributed by atoms with van der Waals surface area (Å²) in [4.78, 5) is 31.9. The van der Waals surface area contributed by atoms with Crippen LogP contribution in [0.4, 0.5) is 5.69 Å². The first-order valence-electron chi connectivity index (χ1n) is 7.93. The number of benzene rings is 2. The molecule has 1 aromatic heterocycles. The molecule has 0 aliphatic carbocycles. The second-order valence-electron chi connectivity index (χ2n) is 5.39. The summed E-state index contributed by atoms with van der Waals surface area (Å²) in [7, 11) is 0. The molecule has 1 heterocycles. The summed E-state index contributed by atoms with van der Waals surface area (Å²) < 4.78 is 5.58. The normalized spacial score (nSPS) is 10.4. The van der Waals surface area contributed by atoms with Gasteiger partial charge in [0.2, 0.25) is 11.8 Å². The Morgan fingerprint density at radius 1 is 1.04 bits per heavy atom. The zero-order valence-corrected chi connectivity index (χ0v) is 13.7. The molecule has 0 fully saturated rings. The third-order valence-corrected chi connectivity index (χ3v) is 3.66. The topological polar surface area (TPSA) is 81.2 Å². The standard InChI is InChI=1S/C19H17N3O3/c1-2-18(24)22-14-9-7-13(8-10-14)17(23)11-25-19-15-5-3-4-6-16(15)20-12-21-19/h3-10,12H,2,11H2,1H3,(H,22,24). The minimum Gasteiger partial charge on any atom is -0.469 e. The predicted octanol–water partition coefficient (Wildman–Crippen LogP) is 3.24. The lowest BCUT2D eigenvalue weighted by Gasteiger charge is -2.08. The molecule has 0 spiro atoms. The molecular weight excluding hydrogens is 318 g/mol. The van der Waals surface area contributed by atoms with Gasteiger partial charge < -0.3 is 10.1 Å². The lowest BCUT2D eigenvalue weighted by atomic mass is 10.1. The highest BCUT2D eigenvalue weighted by molar-refractivity contribution is 5.98. The molecule has 1 amide bonds. The van der Waals surface area contributed by atoms with Gasteiger partial charge in [-0.3, -0.25) is 9.59 Å². The Morgan fingerprint density at radius 3 is 2.56 bits per heavy atom. The molecule has 2 aromatic carbocycles. The third kappa shape index (κ3) is 3.98. The molecule has 0 aliphatic rings. The van der Waals surface area contributed by atoms with Crippen LogP contribution in [0.5, 0.6) is 5.88 Å². The molecule has 0 radical (unpaired) electrons. The van der Waals surface area contributed by atoms with Crippen LogP contribution in [-0.2, 0) is 4.79 Å². The number of carbonyl (C=O) groups is 2. The van der Waals surface area contributed by atoms with Gasteiger partial charge in [0, 0.05) is 17.7 Å². The average molecular weight is 335 g/mol. The average Bonchev–Trinajstić information content (AvgIpc) is 2.66. The summed E-state index contributed by atoms with van der Waals surface area (Å²) >= 11 is 0. The van der Waals surface area contributed by atoms with Crippen LogP contribution >= 0.6 is 0 Å². The van der Waals surface area contributed by atoms with E-state index in [0.29, 0.717) is 23.6 Å². The van der Waals surface area contributed by atoms with E-state index >= 15 is 0 Å². The van der Waals surface area contributed by atoms with Crippen LogP contribution in [0, 0.1) is 0 Å². The van der Waals surface area contributed by atoms with Crippen molar-refractivity contribution in [2.24, 2.45) is 0 Å².